The SMILES string of the molecule is CC(=O)[O-].CCOC(=O)C(=O)OCC.[Na+]. The Bertz CT molecular complexity index is 183. The summed E-state index contributed by atoms with van der Waals surface area (Å²) in [6, 6.07) is 0. The normalized spacial score (nSPS) is 7.40. The van der Waals surface area contributed by atoms with Gasteiger partial charge in [0.25, 0.3) is 0 Å². The van der Waals surface area contributed by atoms with Crippen molar-refractivity contribution in [2.45, 2.75) is 20.8 Å². The maximum atomic E-state index is 10.4. The first-order chi connectivity index (χ1) is 6.45. The molecular weight excluding hydrogens is 215 g/mol. The van der Waals surface area contributed by atoms with Crippen molar-refractivity contribution in [3.8, 4) is 0 Å². The Hall–Kier alpha value is -0.590. The Morgan fingerprint density at radius 2 is 1.20 bits per heavy atom. The predicted molar refractivity (Wildman–Crippen MR) is 43.9 cm³/mol. The summed E-state index contributed by atoms with van der Waals surface area (Å²) < 4.78 is 8.69. The van der Waals surface area contributed by atoms with E-state index in [4.69, 9.17) is 9.90 Å². The van der Waals surface area contributed by atoms with Crippen LogP contribution in [0.2, 0.25) is 0 Å². The van der Waals surface area contributed by atoms with Crippen molar-refractivity contribution in [3.05, 3.63) is 0 Å². The van der Waals surface area contributed by atoms with E-state index in [2.05, 4.69) is 9.47 Å². The van der Waals surface area contributed by atoms with E-state index >= 15 is 0 Å². The van der Waals surface area contributed by atoms with Gasteiger partial charge >= 0.3 is 41.5 Å². The van der Waals surface area contributed by atoms with E-state index in [0.29, 0.717) is 0 Å². The molecule has 0 bridgehead atoms. The van der Waals surface area contributed by atoms with Gasteiger partial charge in [0, 0.05) is 5.97 Å². The Kier molecular flexibility index (Phi) is 17.8. The van der Waals surface area contributed by atoms with Gasteiger partial charge in [0.05, 0.1) is 13.2 Å². The van der Waals surface area contributed by atoms with E-state index in [9.17, 15) is 9.59 Å². The number of rotatable bonds is 2. The molecule has 0 fully saturated rings. The molecule has 0 aromatic carbocycles. The van der Waals surface area contributed by atoms with Gasteiger partial charge in [-0.25, -0.2) is 9.59 Å². The number of ether oxygens (including phenoxy) is 2. The summed E-state index contributed by atoms with van der Waals surface area (Å²) in [6.07, 6.45) is 0. The van der Waals surface area contributed by atoms with Crippen LogP contribution in [-0.2, 0) is 23.9 Å². The summed E-state index contributed by atoms with van der Waals surface area (Å²) in [5, 5.41) is 8.89. The average Bonchev–Trinajstić information content (AvgIpc) is 2.04. The molecule has 0 aliphatic heterocycles. The summed E-state index contributed by atoms with van der Waals surface area (Å²) >= 11 is 0. The summed E-state index contributed by atoms with van der Waals surface area (Å²) in [4.78, 5) is 29.8. The van der Waals surface area contributed by atoms with Crippen molar-refractivity contribution < 1.29 is 58.5 Å². The molecule has 0 amide bonds. The molecule has 15 heavy (non-hydrogen) atoms. The van der Waals surface area contributed by atoms with Crippen LogP contribution in [0.1, 0.15) is 20.8 Å². The van der Waals surface area contributed by atoms with E-state index in [1.54, 1.807) is 13.8 Å². The van der Waals surface area contributed by atoms with Crippen LogP contribution in [0.15, 0.2) is 0 Å². The quantitative estimate of drug-likeness (QED) is 0.271. The second-order valence-electron chi connectivity index (χ2n) is 1.93. The van der Waals surface area contributed by atoms with Crippen LogP contribution in [0.3, 0.4) is 0 Å². The third kappa shape index (κ3) is 19.7. The minimum atomic E-state index is -1.08. The molecule has 0 N–H and O–H groups in total. The molecule has 0 aliphatic carbocycles. The van der Waals surface area contributed by atoms with Crippen LogP contribution in [0.25, 0.3) is 0 Å². The second kappa shape index (κ2) is 13.4. The summed E-state index contributed by atoms with van der Waals surface area (Å²) in [6.45, 7) is 4.60. The van der Waals surface area contributed by atoms with Crippen LogP contribution < -0.4 is 34.7 Å². The minimum absolute atomic E-state index is 0. The zero-order valence-electron chi connectivity index (χ0n) is 9.36. The molecule has 0 spiro atoms. The molecule has 0 heterocycles. The fourth-order valence-corrected chi connectivity index (χ4v) is 0.380. The monoisotopic (exact) mass is 228 g/mol. The zero-order chi connectivity index (χ0) is 11.6. The van der Waals surface area contributed by atoms with E-state index in [1.807, 2.05) is 0 Å². The van der Waals surface area contributed by atoms with Crippen molar-refractivity contribution in [2.24, 2.45) is 0 Å². The molecule has 0 saturated carbocycles. The molecule has 0 radical (unpaired) electrons. The fraction of sp³-hybridized carbons (Fsp3) is 0.625. The number of hydrogen-bond acceptors (Lipinski definition) is 6. The van der Waals surface area contributed by atoms with E-state index < -0.39 is 17.9 Å². The molecule has 0 rings (SSSR count). The Labute approximate surface area is 110 Å². The van der Waals surface area contributed by atoms with Crippen molar-refractivity contribution in [1.82, 2.24) is 0 Å². The Morgan fingerprint density at radius 1 is 1.00 bits per heavy atom. The zero-order valence-corrected chi connectivity index (χ0v) is 11.4. The van der Waals surface area contributed by atoms with Crippen LogP contribution >= 0.6 is 0 Å². The topological polar surface area (TPSA) is 92.7 Å². The van der Waals surface area contributed by atoms with Gasteiger partial charge in [0.15, 0.2) is 0 Å². The smallest absolute Gasteiger partial charge is 0.550 e. The van der Waals surface area contributed by atoms with E-state index in [-0.39, 0.29) is 42.8 Å². The van der Waals surface area contributed by atoms with Gasteiger partial charge in [-0.05, 0) is 20.8 Å². The molecule has 0 saturated heterocycles. The number of aliphatic carboxylic acids is 1. The molecule has 0 atom stereocenters. The Balaban J connectivity index is -0.000000249. The molecule has 6 nitrogen and oxygen atoms in total. The third-order valence-electron chi connectivity index (χ3n) is 0.718. The van der Waals surface area contributed by atoms with E-state index in [1.165, 1.54) is 0 Å². The number of carboxylic acid groups (broad SMARTS) is 1. The summed E-state index contributed by atoms with van der Waals surface area (Å²) in [5.74, 6) is -2.94. The molecule has 0 aliphatic rings. The predicted octanol–water partition coefficient (Wildman–Crippen LogP) is -4.13. The summed E-state index contributed by atoms with van der Waals surface area (Å²) in [7, 11) is 0. The van der Waals surface area contributed by atoms with Crippen LogP contribution in [-0.4, -0.2) is 31.1 Å². The number of carbonyl (C=O) groups is 3. The Morgan fingerprint density at radius 3 is 1.33 bits per heavy atom. The molecule has 0 unspecified atom stereocenters. The minimum Gasteiger partial charge on any atom is -0.550 e. The van der Waals surface area contributed by atoms with Crippen LogP contribution in [0.4, 0.5) is 0 Å². The van der Waals surface area contributed by atoms with Crippen LogP contribution in [0.5, 0.6) is 0 Å². The van der Waals surface area contributed by atoms with Crippen molar-refractivity contribution in [1.29, 1.82) is 0 Å². The summed E-state index contributed by atoms with van der Waals surface area (Å²) in [5.41, 5.74) is 0. The van der Waals surface area contributed by atoms with Crippen molar-refractivity contribution in [2.75, 3.05) is 13.2 Å². The van der Waals surface area contributed by atoms with Gasteiger partial charge < -0.3 is 19.4 Å². The van der Waals surface area contributed by atoms with E-state index in [0.717, 1.165) is 6.92 Å². The standard InChI is InChI=1S/C6H10O4.C2H4O2.Na/c1-3-9-5(7)6(8)10-4-2;1-2(3)4;/h3-4H2,1-2H3;1H3,(H,3,4);/q;;+1/p-1. The maximum Gasteiger partial charge on any atom is 1.00 e. The van der Waals surface area contributed by atoms with Crippen molar-refractivity contribution in [3.63, 3.8) is 0 Å². The average molecular weight is 228 g/mol. The molecule has 82 valence electrons. The van der Waals surface area contributed by atoms with Gasteiger partial charge in [-0.3, -0.25) is 0 Å². The van der Waals surface area contributed by atoms with Gasteiger partial charge in [-0.15, -0.1) is 0 Å². The third-order valence-corrected chi connectivity index (χ3v) is 0.718. The van der Waals surface area contributed by atoms with Gasteiger partial charge in [0.2, 0.25) is 0 Å². The van der Waals surface area contributed by atoms with Crippen molar-refractivity contribution >= 4 is 17.9 Å². The van der Waals surface area contributed by atoms with Gasteiger partial charge in [0.1, 0.15) is 0 Å². The van der Waals surface area contributed by atoms with Gasteiger partial charge in [-0.2, -0.15) is 0 Å². The number of carboxylic acids is 1. The molecule has 0 aromatic rings. The first kappa shape index (κ1) is 19.9. The maximum absolute atomic E-state index is 10.4. The second-order valence-corrected chi connectivity index (χ2v) is 1.93. The van der Waals surface area contributed by atoms with Gasteiger partial charge in [-0.1, -0.05) is 0 Å². The molecule has 0 aromatic heterocycles. The van der Waals surface area contributed by atoms with Crippen LogP contribution in [0, 0.1) is 0 Å². The number of carbonyl (C=O) groups excluding carboxylic acids is 3. The fourth-order valence-electron chi connectivity index (χ4n) is 0.380. The number of hydrogen-bond donors (Lipinski definition) is 0. The first-order valence-electron chi connectivity index (χ1n) is 3.97. The molecule has 7 heteroatoms. The number of esters is 2. The largest absolute Gasteiger partial charge is 1.00 e. The molecular formula is C8H13NaO6. The first-order valence-corrected chi connectivity index (χ1v) is 3.97.